The Labute approximate surface area is 153 Å². The van der Waals surface area contributed by atoms with E-state index >= 15 is 0 Å². The molecule has 1 heterocycles. The molecular weight excluding hydrogens is 326 g/mol. The van der Waals surface area contributed by atoms with Crippen LogP contribution in [0.3, 0.4) is 0 Å². The largest absolute Gasteiger partial charge is 0.364 e. The van der Waals surface area contributed by atoms with Gasteiger partial charge in [-0.2, -0.15) is 0 Å². The molecule has 2 bridgehead atoms. The van der Waals surface area contributed by atoms with Gasteiger partial charge in [0.2, 0.25) is 11.6 Å². The van der Waals surface area contributed by atoms with E-state index in [-0.39, 0.29) is 48.8 Å². The zero-order valence-electron chi connectivity index (χ0n) is 14.8. The normalized spacial score (nSPS) is 31.2. The van der Waals surface area contributed by atoms with Crippen LogP contribution in [0.15, 0.2) is 60.7 Å². The third-order valence-corrected chi connectivity index (χ3v) is 6.07. The summed E-state index contributed by atoms with van der Waals surface area (Å²) in [6.07, 6.45) is 0.457. The van der Waals surface area contributed by atoms with Crippen molar-refractivity contribution in [1.82, 2.24) is 4.90 Å². The van der Waals surface area contributed by atoms with Gasteiger partial charge in [-0.25, -0.2) is 0 Å². The van der Waals surface area contributed by atoms with Gasteiger partial charge in [0.15, 0.2) is 5.78 Å². The summed E-state index contributed by atoms with van der Waals surface area (Å²) in [6.45, 7) is 2.30. The number of benzene rings is 2. The first kappa shape index (κ1) is 17.0. The first-order valence-electron chi connectivity index (χ1n) is 9.17. The molecule has 2 aromatic rings. The van der Waals surface area contributed by atoms with E-state index in [1.807, 2.05) is 67.6 Å². The Balaban J connectivity index is 1.67. The van der Waals surface area contributed by atoms with Gasteiger partial charge in [-0.3, -0.25) is 9.59 Å². The number of likely N-dealkylation sites (tertiary alicyclic amines) is 1. The Bertz CT molecular complexity index is 818. The van der Waals surface area contributed by atoms with Crippen LogP contribution in [0.4, 0.5) is 0 Å². The number of hydrogen-bond donors (Lipinski definition) is 1. The smallest absolute Gasteiger partial charge is 0.229 e. The van der Waals surface area contributed by atoms with Crippen molar-refractivity contribution in [2.75, 3.05) is 0 Å². The van der Waals surface area contributed by atoms with Gasteiger partial charge >= 0.3 is 0 Å². The molecule has 1 amide bonds. The minimum atomic E-state index is -1.69. The monoisotopic (exact) mass is 349 g/mol. The highest BCUT2D eigenvalue weighted by molar-refractivity contribution is 5.97. The highest BCUT2D eigenvalue weighted by Gasteiger charge is 2.59. The van der Waals surface area contributed by atoms with E-state index in [0.29, 0.717) is 0 Å². The topological polar surface area (TPSA) is 57.6 Å². The van der Waals surface area contributed by atoms with Gasteiger partial charge in [0, 0.05) is 25.3 Å². The molecule has 1 unspecified atom stereocenters. The average Bonchev–Trinajstić information content (AvgIpc) is 2.87. The molecule has 26 heavy (non-hydrogen) atoms. The van der Waals surface area contributed by atoms with Crippen LogP contribution in [0, 0.1) is 11.8 Å². The summed E-state index contributed by atoms with van der Waals surface area (Å²) in [5.74, 6) is -0.727. The van der Waals surface area contributed by atoms with Crippen molar-refractivity contribution >= 4 is 11.7 Å². The molecule has 134 valence electrons. The van der Waals surface area contributed by atoms with Crippen LogP contribution in [0.2, 0.25) is 0 Å². The number of hydrogen-bond acceptors (Lipinski definition) is 3. The summed E-state index contributed by atoms with van der Waals surface area (Å²) in [5, 5.41) is 11.2. The lowest BCUT2D eigenvalue weighted by Gasteiger charge is -2.35. The minimum absolute atomic E-state index is 0.00338. The van der Waals surface area contributed by atoms with E-state index in [2.05, 4.69) is 0 Å². The predicted molar refractivity (Wildman–Crippen MR) is 98.0 cm³/mol. The highest BCUT2D eigenvalue weighted by atomic mass is 16.3. The summed E-state index contributed by atoms with van der Waals surface area (Å²) >= 11 is 0. The van der Waals surface area contributed by atoms with Gasteiger partial charge in [0.05, 0.1) is 0 Å². The summed E-state index contributed by atoms with van der Waals surface area (Å²) in [4.78, 5) is 27.5. The Morgan fingerprint density at radius 1 is 1.00 bits per heavy atom. The lowest BCUT2D eigenvalue weighted by molar-refractivity contribution is -0.165. The van der Waals surface area contributed by atoms with E-state index in [1.165, 1.54) is 4.90 Å². The van der Waals surface area contributed by atoms with Crippen LogP contribution in [0.1, 0.15) is 36.8 Å². The molecule has 0 spiro atoms. The van der Waals surface area contributed by atoms with E-state index in [1.54, 1.807) is 0 Å². The lowest BCUT2D eigenvalue weighted by Crippen LogP contribution is -2.52. The van der Waals surface area contributed by atoms with E-state index in [9.17, 15) is 14.7 Å². The number of ketones is 1. The SMILES string of the molecule is C[C@H]1C2C[C@@](O)(C(=O)C[C@@H]1c1ccccc1)N(Cc1ccccc1)C2=O. The number of nitrogens with zero attached hydrogens (tertiary/aromatic N) is 1. The van der Waals surface area contributed by atoms with Crippen molar-refractivity contribution in [3.8, 4) is 0 Å². The van der Waals surface area contributed by atoms with Gasteiger partial charge in [0.1, 0.15) is 0 Å². The average molecular weight is 349 g/mol. The van der Waals surface area contributed by atoms with Crippen molar-refractivity contribution in [3.05, 3.63) is 71.8 Å². The second kappa shape index (κ2) is 6.36. The molecule has 1 saturated carbocycles. The summed E-state index contributed by atoms with van der Waals surface area (Å²) < 4.78 is 0. The maximum atomic E-state index is 13.1. The molecule has 2 aliphatic rings. The molecule has 4 atom stereocenters. The molecule has 2 aromatic carbocycles. The molecule has 4 heteroatoms. The molecule has 2 fully saturated rings. The zero-order valence-corrected chi connectivity index (χ0v) is 14.8. The Kier molecular flexibility index (Phi) is 4.16. The van der Waals surface area contributed by atoms with Gasteiger partial charge in [-0.05, 0) is 23.0 Å². The predicted octanol–water partition coefficient (Wildman–Crippen LogP) is 3.12. The van der Waals surface area contributed by atoms with Crippen LogP contribution in [-0.4, -0.2) is 27.4 Å². The first-order chi connectivity index (χ1) is 12.5. The standard InChI is InChI=1S/C22H23NO3/c1-15-18(17-10-6-3-7-11-17)12-20(24)22(26)13-19(15)21(25)23(22)14-16-8-4-2-5-9-16/h2-11,15,18-19,26H,12-14H2,1H3/t15-,18+,19?,22-/m1/s1. The minimum Gasteiger partial charge on any atom is -0.364 e. The number of aliphatic hydroxyl groups is 1. The van der Waals surface area contributed by atoms with Gasteiger partial charge in [-0.1, -0.05) is 67.6 Å². The number of Topliss-reactive ketones (excluding diaryl/α,β-unsaturated/α-hetero) is 1. The van der Waals surface area contributed by atoms with Crippen molar-refractivity contribution in [1.29, 1.82) is 0 Å². The second-order valence-electron chi connectivity index (χ2n) is 7.54. The van der Waals surface area contributed by atoms with Crippen molar-refractivity contribution in [3.63, 3.8) is 0 Å². The molecule has 1 aliphatic heterocycles. The second-order valence-corrected chi connectivity index (χ2v) is 7.54. The quantitative estimate of drug-likeness (QED) is 0.926. The third-order valence-electron chi connectivity index (χ3n) is 6.07. The van der Waals surface area contributed by atoms with E-state index in [0.717, 1.165) is 11.1 Å². The number of amides is 1. The van der Waals surface area contributed by atoms with Crippen LogP contribution in [0.25, 0.3) is 0 Å². The highest BCUT2D eigenvalue weighted by Crippen LogP contribution is 2.48. The summed E-state index contributed by atoms with van der Waals surface area (Å²) in [7, 11) is 0. The van der Waals surface area contributed by atoms with Crippen molar-refractivity contribution < 1.29 is 14.7 Å². The molecular formula is C22H23NO3. The van der Waals surface area contributed by atoms with Crippen LogP contribution < -0.4 is 0 Å². The fourth-order valence-corrected chi connectivity index (χ4v) is 4.49. The fraction of sp³-hybridized carbons (Fsp3) is 0.364. The number of fused-ring (bicyclic) bond motifs is 2. The van der Waals surface area contributed by atoms with Crippen LogP contribution >= 0.6 is 0 Å². The molecule has 1 saturated heterocycles. The number of carbonyl (C=O) groups excluding carboxylic acids is 2. The maximum Gasteiger partial charge on any atom is 0.229 e. The van der Waals surface area contributed by atoms with Crippen LogP contribution in [0.5, 0.6) is 0 Å². The lowest BCUT2D eigenvalue weighted by atomic mass is 9.78. The van der Waals surface area contributed by atoms with Gasteiger partial charge in [-0.15, -0.1) is 0 Å². The molecule has 0 radical (unpaired) electrons. The summed E-state index contributed by atoms with van der Waals surface area (Å²) in [5.41, 5.74) is 0.294. The molecule has 4 nitrogen and oxygen atoms in total. The van der Waals surface area contributed by atoms with Crippen LogP contribution in [-0.2, 0) is 16.1 Å². The van der Waals surface area contributed by atoms with Gasteiger partial charge < -0.3 is 10.0 Å². The third kappa shape index (κ3) is 2.65. The fourth-order valence-electron chi connectivity index (χ4n) is 4.49. The van der Waals surface area contributed by atoms with Crippen molar-refractivity contribution in [2.45, 2.75) is 38.0 Å². The Morgan fingerprint density at radius 3 is 2.27 bits per heavy atom. The maximum absolute atomic E-state index is 13.1. The molecule has 0 aromatic heterocycles. The Hall–Kier alpha value is -2.46. The van der Waals surface area contributed by atoms with E-state index in [4.69, 9.17) is 0 Å². The van der Waals surface area contributed by atoms with Crippen molar-refractivity contribution in [2.24, 2.45) is 11.8 Å². The zero-order chi connectivity index (χ0) is 18.3. The molecule has 1 N–H and O–H groups in total. The number of carbonyl (C=O) groups is 2. The van der Waals surface area contributed by atoms with Gasteiger partial charge in [0.25, 0.3) is 0 Å². The Morgan fingerprint density at radius 2 is 1.62 bits per heavy atom. The summed E-state index contributed by atoms with van der Waals surface area (Å²) in [6, 6.07) is 19.4. The molecule has 4 rings (SSSR count). The number of rotatable bonds is 3. The van der Waals surface area contributed by atoms with E-state index < -0.39 is 5.72 Å². The molecule has 1 aliphatic carbocycles. The first-order valence-corrected chi connectivity index (χ1v) is 9.17.